The maximum atomic E-state index is 12.6. The van der Waals surface area contributed by atoms with E-state index in [-0.39, 0.29) is 18.2 Å². The van der Waals surface area contributed by atoms with Crippen molar-refractivity contribution in [1.82, 2.24) is 14.8 Å². The Morgan fingerprint density at radius 2 is 1.89 bits per heavy atom. The SMILES string of the molecule is COc1ccc(Sc2ccc(CN3CCC(N4C(=O)OC[C@H]4c4cccc(Cl)c4)CC3)c(C)n2)cc1. The summed E-state index contributed by atoms with van der Waals surface area (Å²) in [5.74, 6) is 0.851. The number of carbonyl (C=O) groups excluding carboxylic acids is 1. The molecule has 188 valence electrons. The monoisotopic (exact) mass is 523 g/mol. The van der Waals surface area contributed by atoms with Gasteiger partial charge in [0.25, 0.3) is 0 Å². The van der Waals surface area contributed by atoms with Crippen molar-refractivity contribution in [2.75, 3.05) is 26.8 Å². The van der Waals surface area contributed by atoms with E-state index < -0.39 is 0 Å². The molecule has 0 N–H and O–H groups in total. The number of ether oxygens (including phenoxy) is 2. The number of piperidine rings is 1. The van der Waals surface area contributed by atoms with E-state index in [2.05, 4.69) is 24.0 Å². The minimum absolute atomic E-state index is 0.0741. The van der Waals surface area contributed by atoms with Crippen LogP contribution in [0.15, 0.2) is 70.6 Å². The second-order valence-electron chi connectivity index (χ2n) is 9.23. The van der Waals surface area contributed by atoms with Gasteiger partial charge in [-0.1, -0.05) is 41.6 Å². The smallest absolute Gasteiger partial charge is 0.410 e. The van der Waals surface area contributed by atoms with Gasteiger partial charge in [-0.15, -0.1) is 0 Å². The molecule has 2 aromatic carbocycles. The number of benzene rings is 2. The molecule has 1 amide bonds. The number of carbonyl (C=O) groups is 1. The Bertz CT molecular complexity index is 1210. The molecule has 2 saturated heterocycles. The first-order valence-corrected chi connectivity index (χ1v) is 13.4. The van der Waals surface area contributed by atoms with E-state index >= 15 is 0 Å². The number of methoxy groups -OCH3 is 1. The van der Waals surface area contributed by atoms with E-state index in [1.807, 2.05) is 53.4 Å². The van der Waals surface area contributed by atoms with Gasteiger partial charge >= 0.3 is 6.09 Å². The van der Waals surface area contributed by atoms with Crippen molar-refractivity contribution < 1.29 is 14.3 Å². The molecule has 6 nitrogen and oxygen atoms in total. The zero-order valence-corrected chi connectivity index (χ0v) is 22.1. The molecule has 5 rings (SSSR count). The first kappa shape index (κ1) is 24.9. The molecule has 0 radical (unpaired) electrons. The molecule has 8 heteroatoms. The van der Waals surface area contributed by atoms with Gasteiger partial charge in [-0.05, 0) is 73.4 Å². The number of hydrogen-bond acceptors (Lipinski definition) is 6. The molecule has 2 aliphatic rings. The maximum absolute atomic E-state index is 12.6. The highest BCUT2D eigenvalue weighted by molar-refractivity contribution is 7.99. The van der Waals surface area contributed by atoms with Gasteiger partial charge < -0.3 is 9.47 Å². The van der Waals surface area contributed by atoms with Crippen molar-refractivity contribution in [3.05, 3.63) is 82.5 Å². The Kier molecular flexibility index (Phi) is 7.70. The van der Waals surface area contributed by atoms with Gasteiger partial charge in [0.05, 0.1) is 13.2 Å². The molecule has 0 saturated carbocycles. The Balaban J connectivity index is 1.18. The fourth-order valence-electron chi connectivity index (χ4n) is 4.96. The van der Waals surface area contributed by atoms with Crippen molar-refractivity contribution in [3.63, 3.8) is 0 Å². The fourth-order valence-corrected chi connectivity index (χ4v) is 5.99. The lowest BCUT2D eigenvalue weighted by Gasteiger charge is -2.38. The predicted molar refractivity (Wildman–Crippen MR) is 142 cm³/mol. The van der Waals surface area contributed by atoms with Crippen LogP contribution in [0.2, 0.25) is 5.02 Å². The number of cyclic esters (lactones) is 1. The van der Waals surface area contributed by atoms with Crippen LogP contribution in [0.25, 0.3) is 0 Å². The van der Waals surface area contributed by atoms with Crippen LogP contribution in [0.1, 0.15) is 35.7 Å². The lowest BCUT2D eigenvalue weighted by molar-refractivity contribution is 0.104. The van der Waals surface area contributed by atoms with Gasteiger partial charge in [0, 0.05) is 41.3 Å². The van der Waals surface area contributed by atoms with Crippen LogP contribution in [-0.2, 0) is 11.3 Å². The third kappa shape index (κ3) is 5.64. The highest BCUT2D eigenvalue weighted by Crippen LogP contribution is 2.34. The van der Waals surface area contributed by atoms with Crippen molar-refractivity contribution in [2.45, 2.75) is 48.3 Å². The average molecular weight is 524 g/mol. The molecule has 2 aliphatic heterocycles. The number of aryl methyl sites for hydroxylation is 1. The number of hydrogen-bond donors (Lipinski definition) is 0. The number of halogens is 1. The lowest BCUT2D eigenvalue weighted by Crippen LogP contribution is -2.46. The summed E-state index contributed by atoms with van der Waals surface area (Å²) in [7, 11) is 1.67. The molecule has 0 bridgehead atoms. The highest BCUT2D eigenvalue weighted by Gasteiger charge is 2.40. The highest BCUT2D eigenvalue weighted by atomic mass is 35.5. The molecule has 0 spiro atoms. The predicted octanol–water partition coefficient (Wildman–Crippen LogP) is 6.36. The van der Waals surface area contributed by atoms with Crippen LogP contribution in [0.4, 0.5) is 4.79 Å². The quantitative estimate of drug-likeness (QED) is 0.359. The molecular formula is C28H30ClN3O3S. The number of pyridine rings is 1. The van der Waals surface area contributed by atoms with Crippen molar-refractivity contribution in [3.8, 4) is 5.75 Å². The van der Waals surface area contributed by atoms with Crippen molar-refractivity contribution in [1.29, 1.82) is 0 Å². The number of rotatable bonds is 7. The third-order valence-corrected chi connectivity index (χ3v) is 8.12. The van der Waals surface area contributed by atoms with Crippen LogP contribution in [0.5, 0.6) is 5.75 Å². The zero-order chi connectivity index (χ0) is 25.1. The van der Waals surface area contributed by atoms with Crippen molar-refractivity contribution in [2.24, 2.45) is 0 Å². The minimum Gasteiger partial charge on any atom is -0.497 e. The van der Waals surface area contributed by atoms with Gasteiger partial charge in [-0.2, -0.15) is 0 Å². The van der Waals surface area contributed by atoms with Crippen LogP contribution < -0.4 is 4.74 Å². The average Bonchev–Trinajstić information content (AvgIpc) is 3.28. The molecule has 3 aromatic rings. The van der Waals surface area contributed by atoms with E-state index in [0.717, 1.165) is 59.4 Å². The van der Waals surface area contributed by atoms with Gasteiger partial charge in [-0.25, -0.2) is 9.78 Å². The summed E-state index contributed by atoms with van der Waals surface area (Å²) in [4.78, 5) is 23.0. The standard InChI is InChI=1S/C28H30ClN3O3S/c1-19-21(6-11-27(30-19)36-25-9-7-24(34-2)8-10-25)17-31-14-12-23(13-15-31)32-26(18-35-28(32)33)20-4-3-5-22(29)16-20/h3-11,16,23,26H,12-15,17-18H2,1-2H3/t26-/m0/s1. The van der Waals surface area contributed by atoms with E-state index in [1.165, 1.54) is 5.56 Å². The summed E-state index contributed by atoms with van der Waals surface area (Å²) in [5, 5.41) is 1.67. The van der Waals surface area contributed by atoms with E-state index in [0.29, 0.717) is 11.6 Å². The van der Waals surface area contributed by atoms with E-state index in [4.69, 9.17) is 26.1 Å². The summed E-state index contributed by atoms with van der Waals surface area (Å²) < 4.78 is 10.7. The first-order chi connectivity index (χ1) is 17.5. The Labute approximate surface area is 221 Å². The summed E-state index contributed by atoms with van der Waals surface area (Å²) >= 11 is 7.85. The van der Waals surface area contributed by atoms with Crippen LogP contribution in [0, 0.1) is 6.92 Å². The molecule has 1 atom stereocenters. The van der Waals surface area contributed by atoms with Crippen LogP contribution in [-0.4, -0.2) is 53.7 Å². The largest absolute Gasteiger partial charge is 0.497 e. The normalized spacial score (nSPS) is 18.9. The topological polar surface area (TPSA) is 54.9 Å². The maximum Gasteiger partial charge on any atom is 0.410 e. The number of likely N-dealkylation sites (tertiary alicyclic amines) is 1. The summed E-state index contributed by atoms with van der Waals surface area (Å²) in [6.07, 6.45) is 1.62. The third-order valence-electron chi connectivity index (χ3n) is 6.94. The summed E-state index contributed by atoms with van der Waals surface area (Å²) in [6, 6.07) is 20.1. The fraction of sp³-hybridized carbons (Fsp3) is 0.357. The molecule has 1 aromatic heterocycles. The first-order valence-electron chi connectivity index (χ1n) is 12.2. The Hall–Kier alpha value is -2.74. The number of nitrogens with zero attached hydrogens (tertiary/aromatic N) is 3. The molecule has 2 fully saturated rings. The second-order valence-corrected chi connectivity index (χ2v) is 10.8. The van der Waals surface area contributed by atoms with Gasteiger partial charge in [0.15, 0.2) is 0 Å². The summed E-state index contributed by atoms with van der Waals surface area (Å²) in [6.45, 7) is 5.18. The van der Waals surface area contributed by atoms with Gasteiger partial charge in [0.1, 0.15) is 17.4 Å². The summed E-state index contributed by atoms with van der Waals surface area (Å²) in [5.41, 5.74) is 3.33. The molecule has 36 heavy (non-hydrogen) atoms. The lowest BCUT2D eigenvalue weighted by atomic mass is 9.98. The Morgan fingerprint density at radius 3 is 2.58 bits per heavy atom. The van der Waals surface area contributed by atoms with Gasteiger partial charge in [-0.3, -0.25) is 9.80 Å². The molecule has 0 unspecified atom stereocenters. The van der Waals surface area contributed by atoms with Crippen LogP contribution >= 0.6 is 23.4 Å². The van der Waals surface area contributed by atoms with Gasteiger partial charge in [0.2, 0.25) is 0 Å². The number of amides is 1. The molecule has 0 aliphatic carbocycles. The number of aromatic nitrogens is 1. The van der Waals surface area contributed by atoms with Crippen LogP contribution in [0.3, 0.4) is 0 Å². The van der Waals surface area contributed by atoms with E-state index in [1.54, 1.807) is 18.9 Å². The zero-order valence-electron chi connectivity index (χ0n) is 20.5. The second kappa shape index (κ2) is 11.1. The van der Waals surface area contributed by atoms with E-state index in [9.17, 15) is 4.79 Å². The Morgan fingerprint density at radius 1 is 1.11 bits per heavy atom. The minimum atomic E-state index is -0.219. The molecule has 3 heterocycles. The van der Waals surface area contributed by atoms with Crippen molar-refractivity contribution >= 4 is 29.5 Å². The molecular weight excluding hydrogens is 494 g/mol.